The zero-order valence-electron chi connectivity index (χ0n) is 26.1. The third kappa shape index (κ3) is 11.3. The number of hydrogen-bond donors (Lipinski definition) is 1. The normalized spacial score (nSPS) is 23.1. The van der Waals surface area contributed by atoms with Crippen molar-refractivity contribution in [3.05, 3.63) is 72.0 Å². The first-order valence-electron chi connectivity index (χ1n) is 16.1. The summed E-state index contributed by atoms with van der Waals surface area (Å²) in [4.78, 5) is 12.0. The van der Waals surface area contributed by atoms with Crippen LogP contribution in [0.2, 0.25) is 0 Å². The number of carbonyl (C=O) groups is 1. The highest BCUT2D eigenvalue weighted by Crippen LogP contribution is 2.40. The van der Waals surface area contributed by atoms with E-state index in [0.717, 1.165) is 38.0 Å². The average molecular weight is 583 g/mol. The summed E-state index contributed by atoms with van der Waals surface area (Å²) in [5.41, 5.74) is 3.78. The van der Waals surface area contributed by atoms with Crippen molar-refractivity contribution in [2.24, 2.45) is 17.8 Å². The standard InChI is InChI=1S/C36H54O6/c1-6-7-8-10-29-13-15-31(16-14-29)32-17-19-33(20-18-32)34-24-40-35(41-25-34)12-9-11-30(22-39-28(5)26(2)3)23-42-36(38)27(4)21-37/h13-16,30,32-35,37H,2,4-12,17-25H2,1,3H3. The van der Waals surface area contributed by atoms with Crippen LogP contribution in [0.25, 0.3) is 0 Å². The molecule has 1 heterocycles. The summed E-state index contributed by atoms with van der Waals surface area (Å²) in [5.74, 6) is 1.73. The molecule has 1 aromatic rings. The molecule has 42 heavy (non-hydrogen) atoms. The van der Waals surface area contributed by atoms with Crippen molar-refractivity contribution in [3.63, 3.8) is 0 Å². The fourth-order valence-corrected chi connectivity index (χ4v) is 5.95. The Kier molecular flexibility index (Phi) is 14.8. The van der Waals surface area contributed by atoms with Gasteiger partial charge in [-0.25, -0.2) is 4.79 Å². The molecular weight excluding hydrogens is 528 g/mol. The Balaban J connectivity index is 1.36. The predicted molar refractivity (Wildman–Crippen MR) is 168 cm³/mol. The molecule has 0 radical (unpaired) electrons. The third-order valence-electron chi connectivity index (χ3n) is 8.90. The quantitative estimate of drug-likeness (QED) is 0.0630. The number of esters is 1. The van der Waals surface area contributed by atoms with Gasteiger partial charge < -0.3 is 24.1 Å². The molecule has 1 N–H and O–H groups in total. The monoisotopic (exact) mass is 582 g/mol. The number of carbonyl (C=O) groups excluding carboxylic acids is 1. The molecule has 1 saturated carbocycles. The van der Waals surface area contributed by atoms with E-state index in [2.05, 4.69) is 50.9 Å². The van der Waals surface area contributed by atoms with E-state index < -0.39 is 12.6 Å². The molecule has 1 aromatic carbocycles. The van der Waals surface area contributed by atoms with Crippen molar-refractivity contribution < 1.29 is 28.8 Å². The molecule has 1 aliphatic carbocycles. The molecule has 1 saturated heterocycles. The van der Waals surface area contributed by atoms with Crippen molar-refractivity contribution in [1.82, 2.24) is 0 Å². The fourth-order valence-electron chi connectivity index (χ4n) is 5.95. The number of rotatable bonds is 18. The van der Waals surface area contributed by atoms with E-state index in [-0.39, 0.29) is 24.4 Å². The Bertz CT molecular complexity index is 983. The maximum atomic E-state index is 12.0. The Labute approximate surface area is 254 Å². The first kappa shape index (κ1) is 34.1. The fraction of sp³-hybridized carbons (Fsp3) is 0.639. The lowest BCUT2D eigenvalue weighted by Gasteiger charge is -2.38. The summed E-state index contributed by atoms with van der Waals surface area (Å²) >= 11 is 0. The van der Waals surface area contributed by atoms with Crippen LogP contribution in [0.1, 0.15) is 95.1 Å². The van der Waals surface area contributed by atoms with Crippen LogP contribution in [0.3, 0.4) is 0 Å². The molecule has 234 valence electrons. The van der Waals surface area contributed by atoms with Crippen molar-refractivity contribution >= 4 is 5.97 Å². The van der Waals surface area contributed by atoms with E-state index in [0.29, 0.717) is 30.1 Å². The molecule has 0 aromatic heterocycles. The molecular formula is C36H54O6. The molecule has 0 amide bonds. The number of benzene rings is 1. The molecule has 6 nitrogen and oxygen atoms in total. The van der Waals surface area contributed by atoms with Crippen LogP contribution in [-0.4, -0.2) is 50.4 Å². The van der Waals surface area contributed by atoms with E-state index in [9.17, 15) is 4.79 Å². The van der Waals surface area contributed by atoms with Crippen LogP contribution in [0, 0.1) is 17.8 Å². The van der Waals surface area contributed by atoms with Gasteiger partial charge in [0.15, 0.2) is 6.29 Å². The Morgan fingerprint density at radius 3 is 2.24 bits per heavy atom. The SMILES string of the molecule is C=C(C)C(=C)OCC(CCCC1OCC(C2CCC(c3ccc(CCCCC)cc3)CC2)CO1)COC(=O)C(=C)CO. The zero-order chi connectivity index (χ0) is 30.3. The van der Waals surface area contributed by atoms with Gasteiger partial charge in [-0.2, -0.15) is 0 Å². The van der Waals surface area contributed by atoms with E-state index in [4.69, 9.17) is 24.1 Å². The van der Waals surface area contributed by atoms with Gasteiger partial charge in [-0.1, -0.05) is 63.8 Å². The minimum atomic E-state index is -0.587. The van der Waals surface area contributed by atoms with Crippen molar-refractivity contribution in [1.29, 1.82) is 0 Å². The first-order chi connectivity index (χ1) is 20.3. The van der Waals surface area contributed by atoms with Gasteiger partial charge in [-0.15, -0.1) is 0 Å². The van der Waals surface area contributed by atoms with Gasteiger partial charge in [0.2, 0.25) is 0 Å². The second-order valence-corrected chi connectivity index (χ2v) is 12.3. The third-order valence-corrected chi connectivity index (χ3v) is 8.90. The number of unbranched alkanes of at least 4 members (excludes halogenated alkanes) is 2. The minimum Gasteiger partial charge on any atom is -0.494 e. The average Bonchev–Trinajstić information content (AvgIpc) is 3.02. The molecule has 6 heteroatoms. The number of allylic oxidation sites excluding steroid dienone is 1. The van der Waals surface area contributed by atoms with Crippen LogP contribution >= 0.6 is 0 Å². The van der Waals surface area contributed by atoms with Crippen molar-refractivity contribution in [2.75, 3.05) is 33.0 Å². The van der Waals surface area contributed by atoms with Crippen molar-refractivity contribution in [2.45, 2.75) is 96.7 Å². The Hall–Kier alpha value is -2.41. The van der Waals surface area contributed by atoms with Gasteiger partial charge in [0, 0.05) is 11.8 Å². The lowest BCUT2D eigenvalue weighted by atomic mass is 9.74. The van der Waals surface area contributed by atoms with E-state index >= 15 is 0 Å². The van der Waals surface area contributed by atoms with Crippen molar-refractivity contribution in [3.8, 4) is 0 Å². The lowest BCUT2D eigenvalue weighted by molar-refractivity contribution is -0.212. The van der Waals surface area contributed by atoms with Gasteiger partial charge >= 0.3 is 5.97 Å². The highest BCUT2D eigenvalue weighted by atomic mass is 16.7. The molecule has 1 unspecified atom stereocenters. The molecule has 0 bridgehead atoms. The molecule has 1 aliphatic heterocycles. The largest absolute Gasteiger partial charge is 0.494 e. The summed E-state index contributed by atoms with van der Waals surface area (Å²) < 4.78 is 23.4. The van der Waals surface area contributed by atoms with Crippen LogP contribution < -0.4 is 0 Å². The highest BCUT2D eigenvalue weighted by molar-refractivity contribution is 5.87. The number of aliphatic hydroxyl groups is 1. The number of aliphatic hydroxyl groups excluding tert-OH is 1. The van der Waals surface area contributed by atoms with Crippen LogP contribution in [0.4, 0.5) is 0 Å². The van der Waals surface area contributed by atoms with E-state index in [1.807, 2.05) is 6.92 Å². The summed E-state index contributed by atoms with van der Waals surface area (Å²) in [6, 6.07) is 9.42. The maximum Gasteiger partial charge on any atom is 0.335 e. The first-order valence-corrected chi connectivity index (χ1v) is 16.1. The van der Waals surface area contributed by atoms with Gasteiger partial charge in [0.05, 0.1) is 38.6 Å². The molecule has 1 atom stereocenters. The van der Waals surface area contributed by atoms with Gasteiger partial charge in [-0.05, 0) is 93.2 Å². The topological polar surface area (TPSA) is 74.2 Å². The van der Waals surface area contributed by atoms with E-state index in [1.165, 1.54) is 62.5 Å². The number of aryl methyl sites for hydroxylation is 1. The van der Waals surface area contributed by atoms with E-state index in [1.54, 1.807) is 0 Å². The molecule has 2 aliphatic rings. The highest BCUT2D eigenvalue weighted by Gasteiger charge is 2.32. The lowest BCUT2D eigenvalue weighted by Crippen LogP contribution is -2.37. The summed E-state index contributed by atoms with van der Waals surface area (Å²) in [6.45, 7) is 17.0. The van der Waals surface area contributed by atoms with Crippen LogP contribution in [0.15, 0.2) is 60.9 Å². The van der Waals surface area contributed by atoms with Gasteiger partial charge in [-0.3, -0.25) is 0 Å². The Morgan fingerprint density at radius 1 is 0.952 bits per heavy atom. The number of ether oxygens (including phenoxy) is 4. The second-order valence-electron chi connectivity index (χ2n) is 12.3. The predicted octanol–water partition coefficient (Wildman–Crippen LogP) is 7.67. The van der Waals surface area contributed by atoms with Gasteiger partial charge in [0.1, 0.15) is 5.76 Å². The van der Waals surface area contributed by atoms with Crippen LogP contribution in [0.5, 0.6) is 0 Å². The van der Waals surface area contributed by atoms with Gasteiger partial charge in [0.25, 0.3) is 0 Å². The van der Waals surface area contributed by atoms with Crippen LogP contribution in [-0.2, 0) is 30.2 Å². The molecule has 3 rings (SSSR count). The summed E-state index contributed by atoms with van der Waals surface area (Å²) in [6.07, 6.45) is 12.3. The summed E-state index contributed by atoms with van der Waals surface area (Å²) in [5, 5.41) is 9.12. The maximum absolute atomic E-state index is 12.0. The Morgan fingerprint density at radius 2 is 1.62 bits per heavy atom. The summed E-state index contributed by atoms with van der Waals surface area (Å²) in [7, 11) is 0. The molecule has 0 spiro atoms. The minimum absolute atomic E-state index is 0.0275. The smallest absolute Gasteiger partial charge is 0.335 e. The molecule has 2 fully saturated rings. The second kappa shape index (κ2) is 18.3. The number of hydrogen-bond acceptors (Lipinski definition) is 6. The zero-order valence-corrected chi connectivity index (χ0v) is 26.1.